The number of rotatable bonds is 4. The summed E-state index contributed by atoms with van der Waals surface area (Å²) in [6, 6.07) is 0. The summed E-state index contributed by atoms with van der Waals surface area (Å²) in [5.74, 6) is -0.931. The van der Waals surface area contributed by atoms with Crippen molar-refractivity contribution >= 4 is 17.6 Å². The van der Waals surface area contributed by atoms with E-state index in [-0.39, 0.29) is 12.3 Å². The van der Waals surface area contributed by atoms with Gasteiger partial charge in [-0.25, -0.2) is 4.98 Å². The molecule has 78 valence electrons. The van der Waals surface area contributed by atoms with E-state index in [1.807, 2.05) is 18.4 Å². The Morgan fingerprint density at radius 2 is 2.43 bits per heavy atom. The number of aliphatic carboxylic acids is 1. The average Bonchev–Trinajstić information content (AvgIpc) is 2.45. The maximum Gasteiger partial charge on any atom is 0.304 e. The molecule has 1 unspecified atom stereocenters. The molecule has 1 atom stereocenters. The van der Waals surface area contributed by atoms with Gasteiger partial charge in [0, 0.05) is 12.5 Å². The van der Waals surface area contributed by atoms with E-state index >= 15 is 0 Å². The predicted molar refractivity (Wildman–Crippen MR) is 53.6 cm³/mol. The van der Waals surface area contributed by atoms with Gasteiger partial charge < -0.3 is 9.67 Å². The van der Waals surface area contributed by atoms with Crippen molar-refractivity contribution in [1.82, 2.24) is 9.55 Å². The van der Waals surface area contributed by atoms with Crippen molar-refractivity contribution in [3.63, 3.8) is 0 Å². The van der Waals surface area contributed by atoms with Crippen LogP contribution in [0.4, 0.5) is 0 Å². The second kappa shape index (κ2) is 4.46. The van der Waals surface area contributed by atoms with Crippen LogP contribution in [0.5, 0.6) is 0 Å². The fourth-order valence-corrected chi connectivity index (χ4v) is 1.80. The summed E-state index contributed by atoms with van der Waals surface area (Å²) >= 11 is 5.88. The molecule has 5 heteroatoms. The fourth-order valence-electron chi connectivity index (χ4n) is 1.46. The summed E-state index contributed by atoms with van der Waals surface area (Å²) in [5.41, 5.74) is 0.802. The molecule has 0 fully saturated rings. The molecule has 0 bridgehead atoms. The summed E-state index contributed by atoms with van der Waals surface area (Å²) in [6.07, 6.45) is 1.71. The number of aryl methyl sites for hydroxylation is 1. The van der Waals surface area contributed by atoms with Crippen molar-refractivity contribution in [2.75, 3.05) is 0 Å². The molecule has 0 aromatic carbocycles. The van der Waals surface area contributed by atoms with Crippen molar-refractivity contribution in [3.05, 3.63) is 17.2 Å². The number of hydrogen-bond donors (Lipinski definition) is 1. The molecule has 1 N–H and O–H groups in total. The Morgan fingerprint density at radius 3 is 2.93 bits per heavy atom. The topological polar surface area (TPSA) is 55.1 Å². The van der Waals surface area contributed by atoms with Crippen LogP contribution in [0.1, 0.15) is 31.9 Å². The standard InChI is InChI=1S/C9H13ClN2O2/c1-3-12-5-11-9(10)8(12)6(2)4-7(13)14/h5-6H,3-4H2,1-2H3,(H,13,14). The van der Waals surface area contributed by atoms with Crippen LogP contribution in [0.15, 0.2) is 6.33 Å². The van der Waals surface area contributed by atoms with Gasteiger partial charge in [-0.05, 0) is 6.92 Å². The van der Waals surface area contributed by atoms with Crippen LogP contribution < -0.4 is 0 Å². The number of nitrogens with zero attached hydrogens (tertiary/aromatic N) is 2. The molecule has 1 aromatic rings. The minimum absolute atomic E-state index is 0.0748. The quantitative estimate of drug-likeness (QED) is 0.839. The van der Waals surface area contributed by atoms with Gasteiger partial charge in [0.1, 0.15) is 0 Å². The summed E-state index contributed by atoms with van der Waals surface area (Å²) in [4.78, 5) is 14.5. The van der Waals surface area contributed by atoms with Gasteiger partial charge in [0.05, 0.1) is 18.4 Å². The van der Waals surface area contributed by atoms with Crippen molar-refractivity contribution in [1.29, 1.82) is 0 Å². The summed E-state index contributed by atoms with van der Waals surface area (Å²) in [7, 11) is 0. The smallest absolute Gasteiger partial charge is 0.304 e. The van der Waals surface area contributed by atoms with Gasteiger partial charge in [-0.3, -0.25) is 4.79 Å². The molecule has 1 aromatic heterocycles. The number of aromatic nitrogens is 2. The first-order valence-electron chi connectivity index (χ1n) is 4.48. The monoisotopic (exact) mass is 216 g/mol. The van der Waals surface area contributed by atoms with E-state index in [0.29, 0.717) is 5.15 Å². The van der Waals surface area contributed by atoms with E-state index in [1.165, 1.54) is 0 Å². The molecule has 0 spiro atoms. The summed E-state index contributed by atoms with van der Waals surface area (Å²) < 4.78 is 1.87. The van der Waals surface area contributed by atoms with E-state index in [9.17, 15) is 4.79 Å². The largest absolute Gasteiger partial charge is 0.481 e. The van der Waals surface area contributed by atoms with E-state index < -0.39 is 5.97 Å². The molecular formula is C9H13ClN2O2. The second-order valence-corrected chi connectivity index (χ2v) is 3.56. The highest BCUT2D eigenvalue weighted by atomic mass is 35.5. The van der Waals surface area contributed by atoms with E-state index in [4.69, 9.17) is 16.7 Å². The Hall–Kier alpha value is -1.03. The molecule has 0 radical (unpaired) electrons. The highest BCUT2D eigenvalue weighted by molar-refractivity contribution is 6.30. The maximum atomic E-state index is 10.5. The lowest BCUT2D eigenvalue weighted by Gasteiger charge is -2.11. The zero-order valence-electron chi connectivity index (χ0n) is 8.20. The van der Waals surface area contributed by atoms with Gasteiger partial charge in [0.15, 0.2) is 5.15 Å². The van der Waals surface area contributed by atoms with Crippen LogP contribution in [0.2, 0.25) is 5.15 Å². The van der Waals surface area contributed by atoms with Crippen molar-refractivity contribution in [2.24, 2.45) is 0 Å². The van der Waals surface area contributed by atoms with Gasteiger partial charge in [-0.15, -0.1) is 0 Å². The lowest BCUT2D eigenvalue weighted by Crippen LogP contribution is -2.08. The minimum atomic E-state index is -0.822. The highest BCUT2D eigenvalue weighted by Crippen LogP contribution is 2.25. The number of hydrogen-bond acceptors (Lipinski definition) is 2. The molecule has 0 aliphatic rings. The van der Waals surface area contributed by atoms with Crippen LogP contribution in [-0.2, 0) is 11.3 Å². The van der Waals surface area contributed by atoms with Crippen LogP contribution in [-0.4, -0.2) is 20.6 Å². The molecule has 0 aliphatic carbocycles. The highest BCUT2D eigenvalue weighted by Gasteiger charge is 2.18. The van der Waals surface area contributed by atoms with E-state index in [2.05, 4.69) is 4.98 Å². The van der Waals surface area contributed by atoms with Gasteiger partial charge in [-0.2, -0.15) is 0 Å². The van der Waals surface area contributed by atoms with Crippen molar-refractivity contribution in [3.8, 4) is 0 Å². The molecule has 14 heavy (non-hydrogen) atoms. The van der Waals surface area contributed by atoms with Crippen LogP contribution in [0.25, 0.3) is 0 Å². The molecule has 0 saturated carbocycles. The maximum absolute atomic E-state index is 10.5. The predicted octanol–water partition coefficient (Wildman–Crippen LogP) is 2.13. The zero-order chi connectivity index (χ0) is 10.7. The lowest BCUT2D eigenvalue weighted by molar-refractivity contribution is -0.137. The van der Waals surface area contributed by atoms with Crippen molar-refractivity contribution < 1.29 is 9.90 Å². The molecule has 0 aliphatic heterocycles. The molecule has 0 amide bonds. The molecular weight excluding hydrogens is 204 g/mol. The number of imidazole rings is 1. The normalized spacial score (nSPS) is 12.8. The van der Waals surface area contributed by atoms with Crippen LogP contribution >= 0.6 is 11.6 Å². The first kappa shape index (κ1) is 11.0. The molecule has 0 saturated heterocycles. The van der Waals surface area contributed by atoms with E-state index in [1.54, 1.807) is 6.33 Å². The average molecular weight is 217 g/mol. The first-order valence-corrected chi connectivity index (χ1v) is 4.86. The Balaban J connectivity index is 2.92. The fraction of sp³-hybridized carbons (Fsp3) is 0.556. The summed E-state index contributed by atoms with van der Waals surface area (Å²) in [6.45, 7) is 4.55. The van der Waals surface area contributed by atoms with Gasteiger partial charge in [-0.1, -0.05) is 18.5 Å². The third-order valence-corrected chi connectivity index (χ3v) is 2.41. The summed E-state index contributed by atoms with van der Waals surface area (Å²) in [5, 5.41) is 9.07. The number of carboxylic acid groups (broad SMARTS) is 1. The third-order valence-electron chi connectivity index (χ3n) is 2.12. The number of carboxylic acids is 1. The zero-order valence-corrected chi connectivity index (χ0v) is 8.95. The second-order valence-electron chi connectivity index (χ2n) is 3.21. The Morgan fingerprint density at radius 1 is 1.79 bits per heavy atom. The van der Waals surface area contributed by atoms with Gasteiger partial charge >= 0.3 is 5.97 Å². The van der Waals surface area contributed by atoms with Crippen molar-refractivity contribution in [2.45, 2.75) is 32.7 Å². The van der Waals surface area contributed by atoms with E-state index in [0.717, 1.165) is 12.2 Å². The Kier molecular flexibility index (Phi) is 3.52. The van der Waals surface area contributed by atoms with Gasteiger partial charge in [0.25, 0.3) is 0 Å². The van der Waals surface area contributed by atoms with Crippen LogP contribution in [0.3, 0.4) is 0 Å². The SMILES string of the molecule is CCn1cnc(Cl)c1C(C)CC(=O)O. The number of halogens is 1. The minimum Gasteiger partial charge on any atom is -0.481 e. The first-order chi connectivity index (χ1) is 6.56. The van der Waals surface area contributed by atoms with Crippen LogP contribution in [0, 0.1) is 0 Å². The molecule has 4 nitrogen and oxygen atoms in total. The Bertz CT molecular complexity index is 336. The molecule has 1 rings (SSSR count). The lowest BCUT2D eigenvalue weighted by atomic mass is 10.0. The van der Waals surface area contributed by atoms with Gasteiger partial charge in [0.2, 0.25) is 0 Å². The third kappa shape index (κ3) is 2.26. The molecule has 1 heterocycles. The number of carbonyl (C=O) groups is 1. The Labute approximate surface area is 87.5 Å².